The van der Waals surface area contributed by atoms with E-state index >= 15 is 0 Å². The van der Waals surface area contributed by atoms with Crippen LogP contribution in [0.2, 0.25) is 0 Å². The molecule has 1 unspecified atom stereocenters. The SMILES string of the molecule is O=C1CCC(CN2CC=CC2=O)N1. The monoisotopic (exact) mass is 180 g/mol. The minimum atomic E-state index is 0.0566. The lowest BCUT2D eigenvalue weighted by atomic mass is 10.2. The smallest absolute Gasteiger partial charge is 0.246 e. The second-order valence-electron chi connectivity index (χ2n) is 3.45. The summed E-state index contributed by atoms with van der Waals surface area (Å²) in [5, 5.41) is 2.84. The van der Waals surface area contributed by atoms with Crippen molar-refractivity contribution in [3.63, 3.8) is 0 Å². The van der Waals surface area contributed by atoms with Crippen LogP contribution in [0.25, 0.3) is 0 Å². The maximum atomic E-state index is 11.2. The lowest BCUT2D eigenvalue weighted by molar-refractivity contribution is -0.125. The largest absolute Gasteiger partial charge is 0.352 e. The molecule has 13 heavy (non-hydrogen) atoms. The third kappa shape index (κ3) is 1.71. The van der Waals surface area contributed by atoms with E-state index in [0.29, 0.717) is 19.5 Å². The number of nitrogens with one attached hydrogen (secondary N) is 1. The first kappa shape index (κ1) is 8.29. The first-order valence-corrected chi connectivity index (χ1v) is 4.50. The molecular weight excluding hydrogens is 168 g/mol. The average molecular weight is 180 g/mol. The van der Waals surface area contributed by atoms with E-state index in [4.69, 9.17) is 0 Å². The van der Waals surface area contributed by atoms with E-state index in [1.807, 2.05) is 6.08 Å². The van der Waals surface area contributed by atoms with Crippen LogP contribution in [0.1, 0.15) is 12.8 Å². The number of carbonyl (C=O) groups is 2. The molecule has 0 aromatic heterocycles. The Balaban J connectivity index is 1.85. The van der Waals surface area contributed by atoms with Gasteiger partial charge >= 0.3 is 0 Å². The molecular formula is C9H12N2O2. The maximum absolute atomic E-state index is 11.2. The maximum Gasteiger partial charge on any atom is 0.246 e. The fourth-order valence-electron chi connectivity index (χ4n) is 1.72. The van der Waals surface area contributed by atoms with Crippen molar-refractivity contribution in [2.45, 2.75) is 18.9 Å². The summed E-state index contributed by atoms with van der Waals surface area (Å²) >= 11 is 0. The van der Waals surface area contributed by atoms with E-state index in [9.17, 15) is 9.59 Å². The number of hydrogen-bond acceptors (Lipinski definition) is 2. The van der Waals surface area contributed by atoms with Crippen LogP contribution in [-0.2, 0) is 9.59 Å². The average Bonchev–Trinajstić information content (AvgIpc) is 2.64. The van der Waals surface area contributed by atoms with Crippen molar-refractivity contribution in [2.24, 2.45) is 0 Å². The van der Waals surface area contributed by atoms with Gasteiger partial charge in [0.25, 0.3) is 0 Å². The molecule has 2 rings (SSSR count). The lowest BCUT2D eigenvalue weighted by Gasteiger charge is -2.19. The van der Waals surface area contributed by atoms with Gasteiger partial charge < -0.3 is 10.2 Å². The minimum absolute atomic E-state index is 0.0566. The van der Waals surface area contributed by atoms with Gasteiger partial charge in [0.1, 0.15) is 0 Å². The Kier molecular flexibility index (Phi) is 2.04. The highest BCUT2D eigenvalue weighted by molar-refractivity contribution is 5.90. The molecule has 1 N–H and O–H groups in total. The van der Waals surface area contributed by atoms with Crippen molar-refractivity contribution in [3.8, 4) is 0 Å². The van der Waals surface area contributed by atoms with Crippen molar-refractivity contribution in [1.82, 2.24) is 10.2 Å². The molecule has 2 aliphatic rings. The minimum Gasteiger partial charge on any atom is -0.352 e. The van der Waals surface area contributed by atoms with Gasteiger partial charge in [-0.2, -0.15) is 0 Å². The normalized spacial score (nSPS) is 27.1. The quantitative estimate of drug-likeness (QED) is 0.632. The molecule has 2 aliphatic heterocycles. The zero-order chi connectivity index (χ0) is 9.26. The zero-order valence-electron chi connectivity index (χ0n) is 7.32. The molecule has 0 spiro atoms. The van der Waals surface area contributed by atoms with E-state index in [-0.39, 0.29) is 17.9 Å². The second-order valence-corrected chi connectivity index (χ2v) is 3.45. The van der Waals surface area contributed by atoms with Crippen LogP contribution in [0.5, 0.6) is 0 Å². The summed E-state index contributed by atoms with van der Waals surface area (Å²) in [4.78, 5) is 23.8. The van der Waals surface area contributed by atoms with Crippen LogP contribution in [-0.4, -0.2) is 35.8 Å². The van der Waals surface area contributed by atoms with Gasteiger partial charge in [-0.3, -0.25) is 9.59 Å². The lowest BCUT2D eigenvalue weighted by Crippen LogP contribution is -2.39. The molecule has 4 heteroatoms. The van der Waals surface area contributed by atoms with Gasteiger partial charge in [-0.15, -0.1) is 0 Å². The topological polar surface area (TPSA) is 49.4 Å². The van der Waals surface area contributed by atoms with Crippen molar-refractivity contribution >= 4 is 11.8 Å². The highest BCUT2D eigenvalue weighted by atomic mass is 16.2. The van der Waals surface area contributed by atoms with Crippen LogP contribution in [0.15, 0.2) is 12.2 Å². The van der Waals surface area contributed by atoms with Crippen molar-refractivity contribution < 1.29 is 9.59 Å². The zero-order valence-corrected chi connectivity index (χ0v) is 7.32. The van der Waals surface area contributed by atoms with E-state index in [1.165, 1.54) is 0 Å². The molecule has 1 saturated heterocycles. The van der Waals surface area contributed by atoms with Crippen LogP contribution < -0.4 is 5.32 Å². The molecule has 1 fully saturated rings. The van der Waals surface area contributed by atoms with Gasteiger partial charge in [0, 0.05) is 31.6 Å². The third-order valence-corrected chi connectivity index (χ3v) is 2.42. The molecule has 4 nitrogen and oxygen atoms in total. The van der Waals surface area contributed by atoms with Gasteiger partial charge in [0.05, 0.1) is 0 Å². The van der Waals surface area contributed by atoms with Gasteiger partial charge in [0.15, 0.2) is 0 Å². The third-order valence-electron chi connectivity index (χ3n) is 2.42. The summed E-state index contributed by atoms with van der Waals surface area (Å²) in [5.74, 6) is 0.158. The summed E-state index contributed by atoms with van der Waals surface area (Å²) in [6.45, 7) is 1.34. The molecule has 2 amide bonds. The van der Waals surface area contributed by atoms with E-state index in [0.717, 1.165) is 6.42 Å². The van der Waals surface area contributed by atoms with Crippen molar-refractivity contribution in [2.75, 3.05) is 13.1 Å². The Bertz CT molecular complexity index is 273. The number of amides is 2. The predicted octanol–water partition coefficient (Wildman–Crippen LogP) is -0.337. The van der Waals surface area contributed by atoms with Gasteiger partial charge in [-0.1, -0.05) is 6.08 Å². The summed E-state index contributed by atoms with van der Waals surface area (Å²) in [5.41, 5.74) is 0. The van der Waals surface area contributed by atoms with Crippen LogP contribution in [0.3, 0.4) is 0 Å². The molecule has 0 aromatic carbocycles. The Morgan fingerprint density at radius 3 is 2.92 bits per heavy atom. The van der Waals surface area contributed by atoms with Gasteiger partial charge in [-0.05, 0) is 6.42 Å². The first-order chi connectivity index (χ1) is 6.25. The van der Waals surface area contributed by atoms with Crippen LogP contribution >= 0.6 is 0 Å². The fourth-order valence-corrected chi connectivity index (χ4v) is 1.72. The summed E-state index contributed by atoms with van der Waals surface area (Å²) < 4.78 is 0. The Hall–Kier alpha value is -1.32. The second kappa shape index (κ2) is 3.20. The molecule has 2 heterocycles. The van der Waals surface area contributed by atoms with Crippen LogP contribution in [0, 0.1) is 0 Å². The molecule has 0 aromatic rings. The molecule has 0 radical (unpaired) electrons. The summed E-state index contributed by atoms with van der Waals surface area (Å²) in [6, 6.07) is 0.163. The summed E-state index contributed by atoms with van der Waals surface area (Å²) in [7, 11) is 0. The van der Waals surface area contributed by atoms with Gasteiger partial charge in [0.2, 0.25) is 11.8 Å². The highest BCUT2D eigenvalue weighted by Gasteiger charge is 2.25. The highest BCUT2D eigenvalue weighted by Crippen LogP contribution is 2.10. The predicted molar refractivity (Wildman–Crippen MR) is 46.9 cm³/mol. The molecule has 1 atom stereocenters. The number of nitrogens with zero attached hydrogens (tertiary/aromatic N) is 1. The summed E-state index contributed by atoms with van der Waals surface area (Å²) in [6.07, 6.45) is 4.87. The first-order valence-electron chi connectivity index (χ1n) is 4.50. The number of hydrogen-bond donors (Lipinski definition) is 1. The molecule has 0 saturated carbocycles. The van der Waals surface area contributed by atoms with Crippen molar-refractivity contribution in [1.29, 1.82) is 0 Å². The standard InChI is InChI=1S/C9H12N2O2/c12-8-4-3-7(10-8)6-11-5-1-2-9(11)13/h1-2,7H,3-6H2,(H,10,12). The van der Waals surface area contributed by atoms with Gasteiger partial charge in [-0.25, -0.2) is 0 Å². The van der Waals surface area contributed by atoms with E-state index < -0.39 is 0 Å². The Labute approximate surface area is 76.6 Å². The van der Waals surface area contributed by atoms with Crippen LogP contribution in [0.4, 0.5) is 0 Å². The van der Waals surface area contributed by atoms with E-state index in [1.54, 1.807) is 11.0 Å². The van der Waals surface area contributed by atoms with E-state index in [2.05, 4.69) is 5.32 Å². The Morgan fingerprint density at radius 1 is 1.54 bits per heavy atom. The molecule has 0 bridgehead atoms. The Morgan fingerprint density at radius 2 is 2.38 bits per heavy atom. The number of carbonyl (C=O) groups excluding carboxylic acids is 2. The molecule has 70 valence electrons. The number of rotatable bonds is 2. The molecule has 0 aliphatic carbocycles. The fraction of sp³-hybridized carbons (Fsp3) is 0.556. The van der Waals surface area contributed by atoms with Crippen molar-refractivity contribution in [3.05, 3.63) is 12.2 Å².